The molecule has 198 valence electrons. The summed E-state index contributed by atoms with van der Waals surface area (Å²) in [5, 5.41) is 18.0. The third-order valence-electron chi connectivity index (χ3n) is 7.00. The number of amidine groups is 1. The number of aliphatic imine (C=N–C) groups is 1. The average molecular weight is 537 g/mol. The first-order chi connectivity index (χ1) is 18.2. The second kappa shape index (κ2) is 10.5. The van der Waals surface area contributed by atoms with E-state index in [2.05, 4.69) is 26.5 Å². The number of hydrogen-bond donors (Lipinski definition) is 3. The van der Waals surface area contributed by atoms with E-state index in [9.17, 15) is 9.50 Å². The number of phenols is 1. The minimum absolute atomic E-state index is 0.0885. The van der Waals surface area contributed by atoms with Crippen LogP contribution in [0.15, 0.2) is 41.7 Å². The van der Waals surface area contributed by atoms with E-state index >= 15 is 0 Å². The summed E-state index contributed by atoms with van der Waals surface area (Å²) in [6.45, 7) is 3.98. The number of halogens is 2. The Hall–Kier alpha value is -3.85. The number of aromatic hydroxyl groups is 1. The van der Waals surface area contributed by atoms with E-state index in [1.165, 1.54) is 6.42 Å². The van der Waals surface area contributed by atoms with Gasteiger partial charge in [0, 0.05) is 47.3 Å². The zero-order valence-corrected chi connectivity index (χ0v) is 22.3. The Labute approximate surface area is 225 Å². The molecule has 5 rings (SSSR count). The number of pyridine rings is 1. The lowest BCUT2D eigenvalue weighted by Gasteiger charge is -2.25. The van der Waals surface area contributed by atoms with Gasteiger partial charge in [-0.2, -0.15) is 5.10 Å². The maximum Gasteiger partial charge on any atom is 0.213 e. The van der Waals surface area contributed by atoms with Gasteiger partial charge in [0.05, 0.1) is 40.8 Å². The van der Waals surface area contributed by atoms with Crippen LogP contribution in [-0.4, -0.2) is 38.7 Å². The molecule has 10 heteroatoms. The standard InChI is InChI=1S/C28H30ClFN6O2/c1-15-9-25(38-3)33-16(2)26(15)17-10-23-27(34-18-7-5-4-6-8-18)19(13-32-36(23)14-17)28(31)35-22-12-21(30)24(37)11-20(22)29/h9-14,18,34,37H,4-8H2,1-3H3,(H2,31,35). The molecule has 0 spiro atoms. The van der Waals surface area contributed by atoms with E-state index in [1.54, 1.807) is 13.3 Å². The molecule has 0 atom stereocenters. The molecule has 1 aromatic carbocycles. The number of anilines is 1. The molecule has 0 amide bonds. The summed E-state index contributed by atoms with van der Waals surface area (Å²) in [7, 11) is 1.61. The highest BCUT2D eigenvalue weighted by molar-refractivity contribution is 6.33. The Morgan fingerprint density at radius 2 is 1.97 bits per heavy atom. The molecule has 3 heterocycles. The summed E-state index contributed by atoms with van der Waals surface area (Å²) in [4.78, 5) is 8.96. The Kier molecular flexibility index (Phi) is 7.12. The van der Waals surface area contributed by atoms with Crippen LogP contribution in [0.3, 0.4) is 0 Å². The molecule has 8 nitrogen and oxygen atoms in total. The minimum atomic E-state index is -0.829. The van der Waals surface area contributed by atoms with Gasteiger partial charge in [0.25, 0.3) is 0 Å². The Bertz CT molecular complexity index is 1520. The van der Waals surface area contributed by atoms with Crippen LogP contribution in [0, 0.1) is 19.7 Å². The van der Waals surface area contributed by atoms with Gasteiger partial charge in [0.1, 0.15) is 5.84 Å². The number of phenolic OH excluding ortho intramolecular Hbond substituents is 1. The van der Waals surface area contributed by atoms with Crippen LogP contribution in [-0.2, 0) is 0 Å². The molecular formula is C28H30ClFN6O2. The minimum Gasteiger partial charge on any atom is -0.505 e. The zero-order chi connectivity index (χ0) is 27.0. The average Bonchev–Trinajstić information content (AvgIpc) is 3.31. The molecule has 3 aromatic heterocycles. The molecule has 1 aliphatic rings. The van der Waals surface area contributed by atoms with Crippen molar-refractivity contribution in [1.82, 2.24) is 14.6 Å². The lowest BCUT2D eigenvalue weighted by Crippen LogP contribution is -2.25. The van der Waals surface area contributed by atoms with Gasteiger partial charge in [0.2, 0.25) is 5.88 Å². The maximum absolute atomic E-state index is 14.0. The van der Waals surface area contributed by atoms with Crippen LogP contribution < -0.4 is 15.8 Å². The van der Waals surface area contributed by atoms with Crippen LogP contribution in [0.25, 0.3) is 16.6 Å². The van der Waals surface area contributed by atoms with E-state index in [0.29, 0.717) is 11.4 Å². The number of nitrogens with two attached hydrogens (primary N) is 1. The van der Waals surface area contributed by atoms with E-state index < -0.39 is 11.6 Å². The zero-order valence-electron chi connectivity index (χ0n) is 21.6. The number of ether oxygens (including phenoxy) is 1. The third-order valence-corrected chi connectivity index (χ3v) is 7.30. The summed E-state index contributed by atoms with van der Waals surface area (Å²) in [6.07, 6.45) is 9.25. The third kappa shape index (κ3) is 4.98. The van der Waals surface area contributed by atoms with E-state index in [1.807, 2.05) is 30.6 Å². The number of aromatic nitrogens is 3. The van der Waals surface area contributed by atoms with Crippen molar-refractivity contribution in [3.63, 3.8) is 0 Å². The van der Waals surface area contributed by atoms with Crippen molar-refractivity contribution in [2.75, 3.05) is 12.4 Å². The van der Waals surface area contributed by atoms with Gasteiger partial charge < -0.3 is 20.9 Å². The molecule has 0 aliphatic heterocycles. The van der Waals surface area contributed by atoms with Gasteiger partial charge in [-0.3, -0.25) is 0 Å². The Morgan fingerprint density at radius 1 is 1.21 bits per heavy atom. The number of aryl methyl sites for hydroxylation is 2. The summed E-state index contributed by atoms with van der Waals surface area (Å²) >= 11 is 6.21. The molecule has 0 saturated heterocycles. The fraction of sp³-hybridized carbons (Fsp3) is 0.321. The Morgan fingerprint density at radius 3 is 2.68 bits per heavy atom. The lowest BCUT2D eigenvalue weighted by atomic mass is 9.95. The normalized spacial score (nSPS) is 14.7. The first-order valence-corrected chi connectivity index (χ1v) is 13.0. The fourth-order valence-electron chi connectivity index (χ4n) is 5.13. The predicted octanol–water partition coefficient (Wildman–Crippen LogP) is 6.30. The summed E-state index contributed by atoms with van der Waals surface area (Å²) in [6, 6.07) is 6.42. The van der Waals surface area contributed by atoms with E-state index in [0.717, 1.165) is 71.4 Å². The molecule has 38 heavy (non-hydrogen) atoms. The SMILES string of the molecule is COc1cc(C)c(-c2cc3c(NC4CCCCC4)c(C(N)=Nc4cc(F)c(O)cc4Cl)cnn3c2)c(C)n1. The molecule has 4 aromatic rings. The molecule has 4 N–H and O–H groups in total. The topological polar surface area (TPSA) is 110 Å². The van der Waals surface area contributed by atoms with Crippen molar-refractivity contribution in [1.29, 1.82) is 0 Å². The Balaban J connectivity index is 1.65. The van der Waals surface area contributed by atoms with Gasteiger partial charge in [-0.1, -0.05) is 30.9 Å². The number of rotatable bonds is 6. The molecule has 0 unspecified atom stereocenters. The van der Waals surface area contributed by atoms with Gasteiger partial charge in [-0.15, -0.1) is 0 Å². The first kappa shape index (κ1) is 25.8. The summed E-state index contributed by atoms with van der Waals surface area (Å²) < 4.78 is 21.2. The highest BCUT2D eigenvalue weighted by Crippen LogP contribution is 2.35. The highest BCUT2D eigenvalue weighted by Gasteiger charge is 2.21. The van der Waals surface area contributed by atoms with Gasteiger partial charge in [-0.25, -0.2) is 18.9 Å². The van der Waals surface area contributed by atoms with Gasteiger partial charge >= 0.3 is 0 Å². The first-order valence-electron chi connectivity index (χ1n) is 12.6. The van der Waals surface area contributed by atoms with Gasteiger partial charge in [-0.05, 0) is 38.3 Å². The van der Waals surface area contributed by atoms with Crippen molar-refractivity contribution in [3.8, 4) is 22.8 Å². The molecule has 1 saturated carbocycles. The molecular weight excluding hydrogens is 507 g/mol. The van der Waals surface area contributed by atoms with Crippen LogP contribution in [0.2, 0.25) is 5.02 Å². The maximum atomic E-state index is 14.0. The number of nitrogens with one attached hydrogen (secondary N) is 1. The summed E-state index contributed by atoms with van der Waals surface area (Å²) in [5.41, 5.74) is 12.7. The van der Waals surface area contributed by atoms with Crippen molar-refractivity contribution in [2.45, 2.75) is 52.0 Å². The van der Waals surface area contributed by atoms with E-state index in [-0.39, 0.29) is 22.6 Å². The predicted molar refractivity (Wildman–Crippen MR) is 148 cm³/mol. The largest absolute Gasteiger partial charge is 0.505 e. The molecule has 0 bridgehead atoms. The number of fused-ring (bicyclic) bond motifs is 1. The second-order valence-corrected chi connectivity index (χ2v) is 10.1. The monoisotopic (exact) mass is 536 g/mol. The summed E-state index contributed by atoms with van der Waals surface area (Å²) in [5.74, 6) is -0.674. The van der Waals surface area contributed by atoms with Crippen molar-refractivity contribution >= 4 is 34.3 Å². The number of nitrogens with zero attached hydrogens (tertiary/aromatic N) is 4. The molecule has 0 radical (unpaired) electrons. The van der Waals surface area contributed by atoms with E-state index in [4.69, 9.17) is 22.1 Å². The number of methoxy groups -OCH3 is 1. The van der Waals surface area contributed by atoms with Crippen LogP contribution in [0.5, 0.6) is 11.6 Å². The smallest absolute Gasteiger partial charge is 0.213 e. The lowest BCUT2D eigenvalue weighted by molar-refractivity contribution is 0.396. The number of hydrogen-bond acceptors (Lipinski definition) is 6. The quantitative estimate of drug-likeness (QED) is 0.197. The van der Waals surface area contributed by atoms with Gasteiger partial charge in [0.15, 0.2) is 11.6 Å². The van der Waals surface area contributed by atoms with Crippen molar-refractivity contribution in [3.05, 3.63) is 64.3 Å². The fourth-order valence-corrected chi connectivity index (χ4v) is 5.33. The number of benzene rings is 1. The van der Waals surface area contributed by atoms with Crippen LogP contribution >= 0.6 is 11.6 Å². The van der Waals surface area contributed by atoms with Crippen LogP contribution in [0.1, 0.15) is 48.9 Å². The highest BCUT2D eigenvalue weighted by atomic mass is 35.5. The second-order valence-electron chi connectivity index (χ2n) is 9.67. The van der Waals surface area contributed by atoms with Crippen molar-refractivity contribution < 1.29 is 14.2 Å². The van der Waals surface area contributed by atoms with Crippen LogP contribution in [0.4, 0.5) is 15.8 Å². The molecule has 1 aliphatic carbocycles. The van der Waals surface area contributed by atoms with Crippen molar-refractivity contribution in [2.24, 2.45) is 10.7 Å². The molecule has 1 fully saturated rings.